The molecule has 0 aromatic carbocycles. The van der Waals surface area contributed by atoms with Crippen LogP contribution in [0.15, 0.2) is 0 Å². The Morgan fingerprint density at radius 1 is 1.47 bits per heavy atom. The van der Waals surface area contributed by atoms with Crippen LogP contribution in [0.2, 0.25) is 0 Å². The third-order valence-corrected chi connectivity index (χ3v) is 3.99. The van der Waals surface area contributed by atoms with Crippen LogP contribution < -0.4 is 5.48 Å². The van der Waals surface area contributed by atoms with Gasteiger partial charge >= 0.3 is 0 Å². The van der Waals surface area contributed by atoms with Gasteiger partial charge in [-0.15, -0.1) is 0 Å². The molecule has 17 heavy (non-hydrogen) atoms. The van der Waals surface area contributed by atoms with Crippen molar-refractivity contribution in [1.29, 1.82) is 0 Å². The molecular weight excluding hydrogens is 240 g/mol. The molecule has 1 saturated carbocycles. The molecule has 0 atom stereocenters. The average molecular weight is 258 g/mol. The predicted molar refractivity (Wildman–Crippen MR) is 65.5 cm³/mol. The van der Waals surface area contributed by atoms with Gasteiger partial charge in [-0.2, -0.15) is 0 Å². The zero-order valence-electron chi connectivity index (χ0n) is 9.81. The highest BCUT2D eigenvalue weighted by atomic mass is 32.2. The van der Waals surface area contributed by atoms with E-state index < -0.39 is 0 Å². The number of nitrogens with zero attached hydrogens (tertiary/aromatic N) is 1. The molecular formula is C11H18N2O3S. The van der Waals surface area contributed by atoms with Gasteiger partial charge in [0.25, 0.3) is 5.24 Å². The van der Waals surface area contributed by atoms with Crippen LogP contribution in [0.5, 0.6) is 0 Å². The first-order valence-corrected chi connectivity index (χ1v) is 7.10. The fourth-order valence-electron chi connectivity index (χ4n) is 2.07. The second kappa shape index (κ2) is 6.26. The van der Waals surface area contributed by atoms with E-state index in [0.717, 1.165) is 25.1 Å². The topological polar surface area (TPSA) is 58.6 Å². The summed E-state index contributed by atoms with van der Waals surface area (Å²) in [4.78, 5) is 29.8. The molecule has 0 aromatic rings. The van der Waals surface area contributed by atoms with Crippen molar-refractivity contribution in [1.82, 2.24) is 10.4 Å². The zero-order valence-corrected chi connectivity index (χ0v) is 10.6. The van der Waals surface area contributed by atoms with Gasteiger partial charge in [0.05, 0.1) is 6.10 Å². The van der Waals surface area contributed by atoms with Gasteiger partial charge in [0.15, 0.2) is 0 Å². The van der Waals surface area contributed by atoms with Crippen LogP contribution in [0.3, 0.4) is 0 Å². The molecule has 2 fully saturated rings. The largest absolute Gasteiger partial charge is 0.332 e. The Hall–Kier alpha value is -0.750. The number of carbonyl (C=O) groups is 2. The maximum atomic E-state index is 11.5. The van der Waals surface area contributed by atoms with Gasteiger partial charge in [0.2, 0.25) is 5.91 Å². The van der Waals surface area contributed by atoms with E-state index in [-0.39, 0.29) is 17.3 Å². The lowest BCUT2D eigenvalue weighted by Gasteiger charge is -2.15. The molecule has 2 rings (SSSR count). The SMILES string of the molecule is O=C(CCN1CCSC1=O)NOC1CCCC1. The maximum absolute atomic E-state index is 11.5. The Morgan fingerprint density at radius 2 is 2.24 bits per heavy atom. The third kappa shape index (κ3) is 3.89. The number of carbonyl (C=O) groups excluding carboxylic acids is 2. The fraction of sp³-hybridized carbons (Fsp3) is 0.818. The molecule has 1 aliphatic heterocycles. The van der Waals surface area contributed by atoms with Crippen LogP contribution in [0.25, 0.3) is 0 Å². The summed E-state index contributed by atoms with van der Waals surface area (Å²) in [5.41, 5.74) is 2.48. The molecule has 0 spiro atoms. The Balaban J connectivity index is 1.58. The molecule has 6 heteroatoms. The summed E-state index contributed by atoms with van der Waals surface area (Å²) in [7, 11) is 0. The fourth-order valence-corrected chi connectivity index (χ4v) is 2.92. The van der Waals surface area contributed by atoms with Gasteiger partial charge in [-0.3, -0.25) is 14.4 Å². The van der Waals surface area contributed by atoms with Crippen LogP contribution in [-0.4, -0.2) is 41.0 Å². The van der Waals surface area contributed by atoms with Crippen LogP contribution >= 0.6 is 11.8 Å². The first kappa shape index (κ1) is 12.7. The van der Waals surface area contributed by atoms with Crippen molar-refractivity contribution in [2.24, 2.45) is 0 Å². The van der Waals surface area contributed by atoms with Crippen molar-refractivity contribution < 1.29 is 14.4 Å². The van der Waals surface area contributed by atoms with E-state index in [0.29, 0.717) is 13.0 Å². The standard InChI is InChI=1S/C11H18N2O3S/c14-10(12-16-9-3-1-2-4-9)5-6-13-7-8-17-11(13)15/h9H,1-8H2,(H,12,14). The molecule has 0 unspecified atom stereocenters. The highest BCUT2D eigenvalue weighted by Crippen LogP contribution is 2.20. The van der Waals surface area contributed by atoms with Gasteiger partial charge in [-0.05, 0) is 12.8 Å². The summed E-state index contributed by atoms with van der Waals surface area (Å²) in [5.74, 6) is 0.695. The highest BCUT2D eigenvalue weighted by molar-refractivity contribution is 8.13. The molecule has 5 nitrogen and oxygen atoms in total. The lowest BCUT2D eigenvalue weighted by atomic mass is 10.3. The van der Waals surface area contributed by atoms with Gasteiger partial charge in [-0.25, -0.2) is 5.48 Å². The van der Waals surface area contributed by atoms with Crippen molar-refractivity contribution in [2.45, 2.75) is 38.2 Å². The summed E-state index contributed by atoms with van der Waals surface area (Å²) in [6.07, 6.45) is 4.92. The second-order valence-electron chi connectivity index (χ2n) is 4.40. The van der Waals surface area contributed by atoms with E-state index in [1.807, 2.05) is 0 Å². The summed E-state index contributed by atoms with van der Waals surface area (Å²) in [6.45, 7) is 1.24. The van der Waals surface area contributed by atoms with E-state index >= 15 is 0 Å². The minimum atomic E-state index is -0.137. The molecule has 0 bridgehead atoms. The van der Waals surface area contributed by atoms with Crippen LogP contribution in [0.1, 0.15) is 32.1 Å². The Labute approximate surface area is 105 Å². The number of hydrogen-bond acceptors (Lipinski definition) is 4. The average Bonchev–Trinajstić information content (AvgIpc) is 2.95. The van der Waals surface area contributed by atoms with Crippen molar-refractivity contribution in [3.05, 3.63) is 0 Å². The van der Waals surface area contributed by atoms with Crippen LogP contribution in [0.4, 0.5) is 4.79 Å². The predicted octanol–water partition coefficient (Wildman–Crippen LogP) is 1.54. The van der Waals surface area contributed by atoms with Crippen molar-refractivity contribution in [2.75, 3.05) is 18.8 Å². The summed E-state index contributed by atoms with van der Waals surface area (Å²) < 4.78 is 0. The first-order valence-electron chi connectivity index (χ1n) is 6.12. The number of thioether (sulfide) groups is 1. The minimum absolute atomic E-state index is 0.0783. The molecule has 1 N–H and O–H groups in total. The summed E-state index contributed by atoms with van der Waals surface area (Å²) in [5, 5.41) is 0.0783. The third-order valence-electron chi connectivity index (χ3n) is 3.10. The van der Waals surface area contributed by atoms with Crippen molar-refractivity contribution in [3.8, 4) is 0 Å². The summed E-state index contributed by atoms with van der Waals surface area (Å²) >= 11 is 1.31. The van der Waals surface area contributed by atoms with Crippen molar-refractivity contribution in [3.63, 3.8) is 0 Å². The van der Waals surface area contributed by atoms with E-state index in [4.69, 9.17) is 4.84 Å². The smallest absolute Gasteiger partial charge is 0.281 e. The molecule has 1 saturated heterocycles. The van der Waals surface area contributed by atoms with Gasteiger partial charge in [0.1, 0.15) is 0 Å². The molecule has 2 amide bonds. The van der Waals surface area contributed by atoms with Gasteiger partial charge < -0.3 is 4.90 Å². The molecule has 2 aliphatic rings. The molecule has 1 aliphatic carbocycles. The Morgan fingerprint density at radius 3 is 2.88 bits per heavy atom. The zero-order chi connectivity index (χ0) is 12.1. The quantitative estimate of drug-likeness (QED) is 0.760. The number of rotatable bonds is 5. The first-order chi connectivity index (χ1) is 8.25. The molecule has 1 heterocycles. The normalized spacial score (nSPS) is 21.2. The van der Waals surface area contributed by atoms with Gasteiger partial charge in [0, 0.05) is 25.3 Å². The van der Waals surface area contributed by atoms with E-state index in [9.17, 15) is 9.59 Å². The number of hydroxylamine groups is 1. The highest BCUT2D eigenvalue weighted by Gasteiger charge is 2.22. The lowest BCUT2D eigenvalue weighted by Crippen LogP contribution is -2.32. The van der Waals surface area contributed by atoms with E-state index in [1.54, 1.807) is 4.90 Å². The van der Waals surface area contributed by atoms with E-state index in [2.05, 4.69) is 5.48 Å². The van der Waals surface area contributed by atoms with Crippen molar-refractivity contribution >= 4 is 22.9 Å². The monoisotopic (exact) mass is 258 g/mol. The van der Waals surface area contributed by atoms with E-state index in [1.165, 1.54) is 24.6 Å². The Kier molecular flexibility index (Phi) is 4.67. The van der Waals surface area contributed by atoms with Crippen LogP contribution in [0, 0.1) is 0 Å². The molecule has 0 radical (unpaired) electrons. The maximum Gasteiger partial charge on any atom is 0.281 e. The Bertz CT molecular complexity index is 292. The summed E-state index contributed by atoms with van der Waals surface area (Å²) in [6, 6.07) is 0. The number of nitrogens with one attached hydrogen (secondary N) is 1. The lowest BCUT2D eigenvalue weighted by molar-refractivity contribution is -0.138. The second-order valence-corrected chi connectivity index (χ2v) is 5.45. The molecule has 0 aromatic heterocycles. The van der Waals surface area contributed by atoms with Gasteiger partial charge in [-0.1, -0.05) is 24.6 Å². The van der Waals surface area contributed by atoms with Crippen LogP contribution in [-0.2, 0) is 9.63 Å². The molecule has 96 valence electrons. The number of hydrogen-bond donors (Lipinski definition) is 1. The minimum Gasteiger partial charge on any atom is -0.332 e. The number of amides is 2.